The quantitative estimate of drug-likeness (QED) is 0.708. The number of rotatable bonds is 7. The molecule has 1 saturated heterocycles. The molecule has 2 rings (SSSR count). The van der Waals surface area contributed by atoms with Crippen LogP contribution in [0.2, 0.25) is 0 Å². The van der Waals surface area contributed by atoms with Gasteiger partial charge in [0.15, 0.2) is 0 Å². The smallest absolute Gasteiger partial charge is 0.220 e. The molecule has 1 aliphatic carbocycles. The average Bonchev–Trinajstić information content (AvgIpc) is 3.02. The minimum atomic E-state index is -3.17. The molecule has 0 spiro atoms. The second-order valence-corrected chi connectivity index (χ2v) is 8.57. The van der Waals surface area contributed by atoms with Crippen LogP contribution in [0.4, 0.5) is 0 Å². The summed E-state index contributed by atoms with van der Waals surface area (Å²) in [5.74, 6) is 0.402. The van der Waals surface area contributed by atoms with Crippen LogP contribution in [0.15, 0.2) is 0 Å². The number of hydrogen-bond acceptors (Lipinski definition) is 4. The van der Waals surface area contributed by atoms with Crippen molar-refractivity contribution in [3.63, 3.8) is 0 Å². The lowest BCUT2D eigenvalue weighted by Gasteiger charge is -2.31. The lowest BCUT2D eigenvalue weighted by molar-refractivity contribution is -0.122. The monoisotopic (exact) mass is 367 g/mol. The first kappa shape index (κ1) is 20.7. The van der Waals surface area contributed by atoms with Gasteiger partial charge in [0.1, 0.15) is 0 Å². The predicted molar refractivity (Wildman–Crippen MR) is 94.0 cm³/mol. The zero-order valence-corrected chi connectivity index (χ0v) is 15.3. The number of nitrogens with two attached hydrogens (primary N) is 1. The number of carbonyl (C=O) groups is 1. The molecule has 0 aromatic heterocycles. The molecular formula is C15H30ClN3O3S. The van der Waals surface area contributed by atoms with Crippen molar-refractivity contribution in [1.29, 1.82) is 0 Å². The summed E-state index contributed by atoms with van der Waals surface area (Å²) in [4.78, 5) is 12.0. The molecule has 1 aliphatic heterocycles. The molecule has 136 valence electrons. The lowest BCUT2D eigenvalue weighted by Crippen LogP contribution is -2.44. The molecule has 0 aromatic rings. The number of carbonyl (C=O) groups excluding carboxylic acids is 1. The summed E-state index contributed by atoms with van der Waals surface area (Å²) in [7, 11) is -3.17. The summed E-state index contributed by atoms with van der Waals surface area (Å²) >= 11 is 0. The summed E-state index contributed by atoms with van der Waals surface area (Å²) < 4.78 is 25.7. The van der Waals surface area contributed by atoms with Gasteiger partial charge < -0.3 is 11.1 Å². The van der Waals surface area contributed by atoms with E-state index in [4.69, 9.17) is 5.73 Å². The van der Waals surface area contributed by atoms with Gasteiger partial charge in [-0.1, -0.05) is 12.8 Å². The van der Waals surface area contributed by atoms with Crippen LogP contribution in [-0.4, -0.2) is 50.1 Å². The van der Waals surface area contributed by atoms with Crippen molar-refractivity contribution in [2.45, 2.75) is 57.4 Å². The Morgan fingerprint density at radius 2 is 1.78 bits per heavy atom. The topological polar surface area (TPSA) is 92.5 Å². The zero-order chi connectivity index (χ0) is 16.0. The highest BCUT2D eigenvalue weighted by atomic mass is 35.5. The van der Waals surface area contributed by atoms with Gasteiger partial charge in [0, 0.05) is 25.6 Å². The van der Waals surface area contributed by atoms with Crippen LogP contribution in [0.3, 0.4) is 0 Å². The minimum absolute atomic E-state index is 0. The molecule has 0 bridgehead atoms. The van der Waals surface area contributed by atoms with E-state index in [-0.39, 0.29) is 36.5 Å². The SMILES string of the molecule is Cl.NCC1CCCCC1NC(=O)CCCS(=O)(=O)N1CCCC1. The summed E-state index contributed by atoms with van der Waals surface area (Å²) in [6.07, 6.45) is 6.94. The maximum atomic E-state index is 12.1. The van der Waals surface area contributed by atoms with Crippen LogP contribution in [0.25, 0.3) is 0 Å². The van der Waals surface area contributed by atoms with Crippen molar-refractivity contribution in [3.8, 4) is 0 Å². The lowest BCUT2D eigenvalue weighted by atomic mass is 9.84. The Hall–Kier alpha value is -0.370. The van der Waals surface area contributed by atoms with E-state index in [1.54, 1.807) is 4.31 Å². The van der Waals surface area contributed by atoms with Gasteiger partial charge >= 0.3 is 0 Å². The molecule has 6 nitrogen and oxygen atoms in total. The zero-order valence-electron chi connectivity index (χ0n) is 13.7. The van der Waals surface area contributed by atoms with E-state index in [9.17, 15) is 13.2 Å². The van der Waals surface area contributed by atoms with Gasteiger partial charge in [-0.3, -0.25) is 4.79 Å². The fourth-order valence-electron chi connectivity index (χ4n) is 3.47. The fourth-order valence-corrected chi connectivity index (χ4v) is 5.05. The molecule has 2 atom stereocenters. The van der Waals surface area contributed by atoms with E-state index in [1.807, 2.05) is 0 Å². The van der Waals surface area contributed by atoms with E-state index >= 15 is 0 Å². The van der Waals surface area contributed by atoms with Crippen LogP contribution >= 0.6 is 12.4 Å². The van der Waals surface area contributed by atoms with Gasteiger partial charge in [-0.2, -0.15) is 0 Å². The summed E-state index contributed by atoms with van der Waals surface area (Å²) in [5.41, 5.74) is 5.76. The van der Waals surface area contributed by atoms with Crippen molar-refractivity contribution in [2.75, 3.05) is 25.4 Å². The molecule has 1 heterocycles. The molecule has 8 heteroatoms. The standard InChI is InChI=1S/C15H29N3O3S.ClH/c16-12-13-6-1-2-7-14(13)17-15(19)8-5-11-22(20,21)18-9-3-4-10-18;/h13-14H,1-12,16H2,(H,17,19);1H. The first-order valence-electron chi connectivity index (χ1n) is 8.50. The Balaban J connectivity index is 0.00000264. The number of halogens is 1. The summed E-state index contributed by atoms with van der Waals surface area (Å²) in [6, 6.07) is 0.168. The number of nitrogens with zero attached hydrogens (tertiary/aromatic N) is 1. The minimum Gasteiger partial charge on any atom is -0.353 e. The highest BCUT2D eigenvalue weighted by Crippen LogP contribution is 2.23. The van der Waals surface area contributed by atoms with Crippen LogP contribution < -0.4 is 11.1 Å². The van der Waals surface area contributed by atoms with E-state index < -0.39 is 10.0 Å². The van der Waals surface area contributed by atoms with Crippen molar-refractivity contribution in [3.05, 3.63) is 0 Å². The third-order valence-electron chi connectivity index (χ3n) is 4.82. The van der Waals surface area contributed by atoms with E-state index in [0.29, 0.717) is 32.0 Å². The van der Waals surface area contributed by atoms with Gasteiger partial charge in [-0.15, -0.1) is 12.4 Å². The van der Waals surface area contributed by atoms with Crippen LogP contribution in [0.1, 0.15) is 51.4 Å². The molecular weight excluding hydrogens is 338 g/mol. The fraction of sp³-hybridized carbons (Fsp3) is 0.933. The molecule has 0 radical (unpaired) electrons. The van der Waals surface area contributed by atoms with Crippen molar-refractivity contribution in [1.82, 2.24) is 9.62 Å². The third kappa shape index (κ3) is 6.21. The Kier molecular flexibility index (Phi) is 8.82. The molecule has 2 unspecified atom stereocenters. The first-order chi connectivity index (χ1) is 10.5. The van der Waals surface area contributed by atoms with Gasteiger partial charge in [0.2, 0.25) is 15.9 Å². The third-order valence-corrected chi connectivity index (χ3v) is 6.78. The van der Waals surface area contributed by atoms with Crippen molar-refractivity contribution >= 4 is 28.3 Å². The largest absolute Gasteiger partial charge is 0.353 e. The average molecular weight is 368 g/mol. The van der Waals surface area contributed by atoms with Crippen LogP contribution in [0.5, 0.6) is 0 Å². The number of sulfonamides is 1. The first-order valence-corrected chi connectivity index (χ1v) is 10.1. The van der Waals surface area contributed by atoms with Gasteiger partial charge in [0.05, 0.1) is 5.75 Å². The molecule has 1 saturated carbocycles. The molecule has 1 amide bonds. The Labute approximate surface area is 146 Å². The molecule has 2 aliphatic rings. The van der Waals surface area contributed by atoms with Crippen molar-refractivity contribution < 1.29 is 13.2 Å². The second-order valence-electron chi connectivity index (χ2n) is 6.48. The van der Waals surface area contributed by atoms with Gasteiger partial charge in [-0.25, -0.2) is 12.7 Å². The van der Waals surface area contributed by atoms with E-state index in [2.05, 4.69) is 5.32 Å². The predicted octanol–water partition coefficient (Wildman–Crippen LogP) is 1.25. The number of amides is 1. The maximum absolute atomic E-state index is 12.1. The molecule has 23 heavy (non-hydrogen) atoms. The number of hydrogen-bond donors (Lipinski definition) is 2. The maximum Gasteiger partial charge on any atom is 0.220 e. The highest BCUT2D eigenvalue weighted by molar-refractivity contribution is 7.89. The van der Waals surface area contributed by atoms with E-state index in [1.165, 1.54) is 6.42 Å². The molecule has 2 fully saturated rings. The van der Waals surface area contributed by atoms with E-state index in [0.717, 1.165) is 32.1 Å². The highest BCUT2D eigenvalue weighted by Gasteiger charge is 2.27. The summed E-state index contributed by atoms with van der Waals surface area (Å²) in [5, 5.41) is 3.05. The normalized spacial score (nSPS) is 25.8. The summed E-state index contributed by atoms with van der Waals surface area (Å²) in [6.45, 7) is 1.87. The van der Waals surface area contributed by atoms with Crippen LogP contribution in [-0.2, 0) is 14.8 Å². The second kappa shape index (κ2) is 9.81. The Morgan fingerprint density at radius 1 is 1.13 bits per heavy atom. The van der Waals surface area contributed by atoms with Gasteiger partial charge in [0.25, 0.3) is 0 Å². The molecule has 0 aromatic carbocycles. The Bertz CT molecular complexity index is 467. The Morgan fingerprint density at radius 3 is 2.43 bits per heavy atom. The number of nitrogens with one attached hydrogen (secondary N) is 1. The van der Waals surface area contributed by atoms with Crippen molar-refractivity contribution in [2.24, 2.45) is 11.7 Å². The van der Waals surface area contributed by atoms with Crippen LogP contribution in [0, 0.1) is 5.92 Å². The molecule has 3 N–H and O–H groups in total. The van der Waals surface area contributed by atoms with Gasteiger partial charge in [-0.05, 0) is 44.6 Å².